The second kappa shape index (κ2) is 7.51. The van der Waals surface area contributed by atoms with E-state index >= 15 is 0 Å². The molecule has 2 heterocycles. The molecule has 1 aliphatic heterocycles. The fourth-order valence-electron chi connectivity index (χ4n) is 2.96. The maximum absolute atomic E-state index is 12.1. The van der Waals surface area contributed by atoms with Crippen molar-refractivity contribution in [3.05, 3.63) is 36.7 Å². The summed E-state index contributed by atoms with van der Waals surface area (Å²) in [6, 6.07) is 9.83. The van der Waals surface area contributed by atoms with E-state index in [-0.39, 0.29) is 11.8 Å². The van der Waals surface area contributed by atoms with Gasteiger partial charge in [0.25, 0.3) is 0 Å². The van der Waals surface area contributed by atoms with Crippen molar-refractivity contribution in [3.8, 4) is 17.0 Å². The summed E-state index contributed by atoms with van der Waals surface area (Å²) in [5.41, 5.74) is 1.91. The fourth-order valence-corrected chi connectivity index (χ4v) is 2.96. The summed E-state index contributed by atoms with van der Waals surface area (Å²) in [4.78, 5) is 25.0. The summed E-state index contributed by atoms with van der Waals surface area (Å²) in [7, 11) is 1.65. The van der Waals surface area contributed by atoms with Gasteiger partial charge in [0.15, 0.2) is 0 Å². The minimum Gasteiger partial charge on any atom is -0.497 e. The Kier molecular flexibility index (Phi) is 5.16. The van der Waals surface area contributed by atoms with E-state index in [0.717, 1.165) is 49.0 Å². The molecule has 1 aromatic heterocycles. The smallest absolute Gasteiger partial charge is 0.225 e. The van der Waals surface area contributed by atoms with Gasteiger partial charge in [-0.25, -0.2) is 9.97 Å². The third-order valence-corrected chi connectivity index (χ3v) is 4.45. The number of carbonyl (C=O) groups is 1. The zero-order chi connectivity index (χ0) is 17.8. The summed E-state index contributed by atoms with van der Waals surface area (Å²) < 4.78 is 5.20. The summed E-state index contributed by atoms with van der Waals surface area (Å²) in [5.74, 6) is 2.00. The van der Waals surface area contributed by atoms with Gasteiger partial charge in [0.05, 0.1) is 12.8 Å². The highest BCUT2D eigenvalue weighted by atomic mass is 16.5. The van der Waals surface area contributed by atoms with E-state index in [4.69, 9.17) is 4.74 Å². The molecule has 1 fully saturated rings. The van der Waals surface area contributed by atoms with Gasteiger partial charge in [-0.2, -0.15) is 0 Å². The first kappa shape index (κ1) is 17.2. The number of benzene rings is 1. The van der Waals surface area contributed by atoms with Gasteiger partial charge < -0.3 is 14.5 Å². The standard InChI is InChI=1S/C19H24N4O2/c1-14(2)19(24)23-10-8-22(9-11-23)18-12-17(20-13-21-18)15-4-6-16(25-3)7-5-15/h4-7,12-14H,8-11H2,1-3H3. The van der Waals surface area contributed by atoms with Crippen LogP contribution in [0.25, 0.3) is 11.3 Å². The van der Waals surface area contributed by atoms with Crippen molar-refractivity contribution in [2.75, 3.05) is 38.2 Å². The first-order chi connectivity index (χ1) is 12.1. The van der Waals surface area contributed by atoms with E-state index < -0.39 is 0 Å². The first-order valence-corrected chi connectivity index (χ1v) is 8.58. The van der Waals surface area contributed by atoms with Crippen molar-refractivity contribution in [2.45, 2.75) is 13.8 Å². The van der Waals surface area contributed by atoms with Crippen LogP contribution in [-0.2, 0) is 4.79 Å². The minimum absolute atomic E-state index is 0.0484. The van der Waals surface area contributed by atoms with Crippen LogP contribution in [0.1, 0.15) is 13.8 Å². The van der Waals surface area contributed by atoms with Gasteiger partial charge in [0.1, 0.15) is 17.9 Å². The van der Waals surface area contributed by atoms with Crippen molar-refractivity contribution < 1.29 is 9.53 Å². The Morgan fingerprint density at radius 3 is 2.36 bits per heavy atom. The average molecular weight is 340 g/mol. The number of ether oxygens (including phenoxy) is 1. The monoisotopic (exact) mass is 340 g/mol. The van der Waals surface area contributed by atoms with Crippen LogP contribution in [0.15, 0.2) is 36.7 Å². The van der Waals surface area contributed by atoms with Crippen molar-refractivity contribution in [3.63, 3.8) is 0 Å². The molecule has 0 atom stereocenters. The van der Waals surface area contributed by atoms with Gasteiger partial charge in [-0.3, -0.25) is 4.79 Å². The number of rotatable bonds is 4. The van der Waals surface area contributed by atoms with Crippen molar-refractivity contribution in [1.29, 1.82) is 0 Å². The molecule has 0 unspecified atom stereocenters. The summed E-state index contributed by atoms with van der Waals surface area (Å²) in [6.07, 6.45) is 1.60. The molecule has 6 nitrogen and oxygen atoms in total. The fraction of sp³-hybridized carbons (Fsp3) is 0.421. The highest BCUT2D eigenvalue weighted by Crippen LogP contribution is 2.23. The topological polar surface area (TPSA) is 58.6 Å². The zero-order valence-corrected chi connectivity index (χ0v) is 15.0. The number of piperazine rings is 1. The Balaban J connectivity index is 1.71. The maximum Gasteiger partial charge on any atom is 0.225 e. The molecule has 0 N–H and O–H groups in total. The Bertz CT molecular complexity index is 722. The molecule has 0 saturated carbocycles. The van der Waals surface area contributed by atoms with Crippen LogP contribution in [-0.4, -0.2) is 54.1 Å². The van der Waals surface area contributed by atoms with Gasteiger partial charge in [0.2, 0.25) is 5.91 Å². The van der Waals surface area contributed by atoms with E-state index in [2.05, 4.69) is 14.9 Å². The SMILES string of the molecule is COc1ccc(-c2cc(N3CCN(C(=O)C(C)C)CC3)ncn2)cc1. The van der Waals surface area contributed by atoms with Crippen LogP contribution in [0.3, 0.4) is 0 Å². The lowest BCUT2D eigenvalue weighted by atomic mass is 10.1. The number of methoxy groups -OCH3 is 1. The number of anilines is 1. The average Bonchev–Trinajstić information content (AvgIpc) is 2.67. The van der Waals surface area contributed by atoms with Gasteiger partial charge in [-0.1, -0.05) is 13.8 Å². The largest absolute Gasteiger partial charge is 0.497 e. The number of amides is 1. The van der Waals surface area contributed by atoms with E-state index in [1.165, 1.54) is 0 Å². The van der Waals surface area contributed by atoms with Gasteiger partial charge in [0, 0.05) is 43.7 Å². The van der Waals surface area contributed by atoms with E-state index in [0.29, 0.717) is 0 Å². The third-order valence-electron chi connectivity index (χ3n) is 4.45. The number of hydrogen-bond donors (Lipinski definition) is 0. The molecule has 0 radical (unpaired) electrons. The van der Waals surface area contributed by atoms with Gasteiger partial charge in [-0.05, 0) is 24.3 Å². The zero-order valence-electron chi connectivity index (χ0n) is 15.0. The molecular weight excluding hydrogens is 316 g/mol. The summed E-state index contributed by atoms with van der Waals surface area (Å²) in [5, 5.41) is 0. The van der Waals surface area contributed by atoms with Crippen LogP contribution in [0.4, 0.5) is 5.82 Å². The Hall–Kier alpha value is -2.63. The molecule has 3 rings (SSSR count). The molecule has 132 valence electrons. The van der Waals surface area contributed by atoms with Gasteiger partial charge in [-0.15, -0.1) is 0 Å². The third kappa shape index (κ3) is 3.90. The second-order valence-electron chi connectivity index (χ2n) is 6.46. The molecule has 1 aromatic carbocycles. The highest BCUT2D eigenvalue weighted by Gasteiger charge is 2.23. The van der Waals surface area contributed by atoms with Crippen LogP contribution >= 0.6 is 0 Å². The van der Waals surface area contributed by atoms with Crippen LogP contribution < -0.4 is 9.64 Å². The Morgan fingerprint density at radius 2 is 1.76 bits per heavy atom. The number of carbonyl (C=O) groups excluding carboxylic acids is 1. The number of aromatic nitrogens is 2. The van der Waals surface area contributed by atoms with Gasteiger partial charge >= 0.3 is 0 Å². The number of hydrogen-bond acceptors (Lipinski definition) is 5. The Morgan fingerprint density at radius 1 is 1.08 bits per heavy atom. The lowest BCUT2D eigenvalue weighted by Gasteiger charge is -2.36. The van der Waals surface area contributed by atoms with Crippen molar-refractivity contribution >= 4 is 11.7 Å². The lowest BCUT2D eigenvalue weighted by molar-refractivity contribution is -0.134. The second-order valence-corrected chi connectivity index (χ2v) is 6.46. The summed E-state index contributed by atoms with van der Waals surface area (Å²) in [6.45, 7) is 6.94. The van der Waals surface area contributed by atoms with E-state index in [1.54, 1.807) is 13.4 Å². The molecule has 0 spiro atoms. The number of nitrogens with zero attached hydrogens (tertiary/aromatic N) is 4. The molecule has 1 amide bonds. The molecule has 0 bridgehead atoms. The van der Waals surface area contributed by atoms with Crippen molar-refractivity contribution in [1.82, 2.24) is 14.9 Å². The first-order valence-electron chi connectivity index (χ1n) is 8.58. The van der Waals surface area contributed by atoms with Crippen LogP contribution in [0, 0.1) is 5.92 Å². The predicted octanol–water partition coefficient (Wildman–Crippen LogP) is 2.46. The molecule has 1 saturated heterocycles. The normalized spacial score (nSPS) is 14.7. The molecule has 25 heavy (non-hydrogen) atoms. The quantitative estimate of drug-likeness (QED) is 0.856. The predicted molar refractivity (Wildman–Crippen MR) is 97.7 cm³/mol. The summed E-state index contributed by atoms with van der Waals surface area (Å²) >= 11 is 0. The van der Waals surface area contributed by atoms with E-state index in [9.17, 15) is 4.79 Å². The maximum atomic E-state index is 12.1. The molecule has 2 aromatic rings. The molecule has 6 heteroatoms. The molecular formula is C19H24N4O2. The highest BCUT2D eigenvalue weighted by molar-refractivity contribution is 5.78. The molecule has 1 aliphatic rings. The van der Waals surface area contributed by atoms with Crippen LogP contribution in [0.2, 0.25) is 0 Å². The van der Waals surface area contributed by atoms with E-state index in [1.807, 2.05) is 49.1 Å². The molecule has 0 aliphatic carbocycles. The van der Waals surface area contributed by atoms with Crippen LogP contribution in [0.5, 0.6) is 5.75 Å². The van der Waals surface area contributed by atoms with Crippen molar-refractivity contribution in [2.24, 2.45) is 5.92 Å². The Labute approximate surface area is 148 Å². The lowest BCUT2D eigenvalue weighted by Crippen LogP contribution is -2.50. The minimum atomic E-state index is 0.0484.